The predicted molar refractivity (Wildman–Crippen MR) is 511 cm³/mol. The molecule has 2 aromatic carbocycles. The van der Waals surface area contributed by atoms with Crippen molar-refractivity contribution in [1.82, 2.24) is 106 Å². The molecule has 0 saturated heterocycles. The topological polar surface area (TPSA) is 914 Å². The number of hydrogen-bond donors (Lipinski definition) is 35. The van der Waals surface area contributed by atoms with E-state index in [-0.39, 0.29) is 96.8 Å². The van der Waals surface area contributed by atoms with E-state index in [1.165, 1.54) is 13.8 Å². The number of H-pyrrole nitrogens is 2. The highest BCUT2D eigenvalue weighted by Gasteiger charge is 2.40. The number of hydrogen-bond acceptors (Lipinski definition) is 25. The Kier molecular flexibility index (Phi) is 50.7. The summed E-state index contributed by atoms with van der Waals surface area (Å²) >= 11 is 0. The Hall–Kier alpha value is -15.1. The summed E-state index contributed by atoms with van der Waals surface area (Å²) in [5.74, 6) is -24.1. The lowest BCUT2D eigenvalue weighted by atomic mass is 9.96. The highest BCUT2D eigenvalue weighted by molar-refractivity contribution is 6.02. The highest BCUT2D eigenvalue weighted by atomic mass is 16.4. The van der Waals surface area contributed by atoms with Crippen molar-refractivity contribution in [3.63, 3.8) is 0 Å². The number of carboxylic acids is 2. The molecule has 0 spiro atoms. The van der Waals surface area contributed by atoms with Gasteiger partial charge in [-0.2, -0.15) is 0 Å². The Morgan fingerprint density at radius 2 is 0.621 bits per heavy atom. The summed E-state index contributed by atoms with van der Waals surface area (Å²) in [6.07, 6.45) is -1.56. The monoisotopic (exact) mass is 1970 g/mol. The predicted octanol–water partition coefficient (Wildman–Crippen LogP) is -8.16. The zero-order valence-electron chi connectivity index (χ0n) is 79.2. The third kappa shape index (κ3) is 41.1. The average molecular weight is 1970 g/mol. The molecule has 2 aromatic heterocycles. The molecule has 4 aromatic rings. The van der Waals surface area contributed by atoms with E-state index in [0.29, 0.717) is 28.5 Å². The number of aliphatic carboxylic acids is 2. The number of fused-ring (bicyclic) bond motifs is 2. The second-order valence-corrected chi connectivity index (χ2v) is 33.8. The van der Waals surface area contributed by atoms with Gasteiger partial charge in [0.15, 0.2) is 23.8 Å². The number of carbonyl (C=O) groups is 18. The normalized spacial score (nSPS) is 14.7. The van der Waals surface area contributed by atoms with Gasteiger partial charge in [-0.1, -0.05) is 97.2 Å². The van der Waals surface area contributed by atoms with Gasteiger partial charge in [0.25, 0.3) is 0 Å². The van der Waals surface area contributed by atoms with Crippen LogP contribution in [0.3, 0.4) is 0 Å². The number of nitrogens with one attached hydrogen (secondary N) is 24. The van der Waals surface area contributed by atoms with Gasteiger partial charge in [-0.25, -0.2) is 4.79 Å². The first-order valence-corrected chi connectivity index (χ1v) is 45.9. The van der Waals surface area contributed by atoms with E-state index in [2.05, 4.69) is 106 Å². The third-order valence-electron chi connectivity index (χ3n) is 23.0. The van der Waals surface area contributed by atoms with Crippen LogP contribution in [0.25, 0.3) is 21.8 Å². The molecule has 2 heterocycles. The van der Waals surface area contributed by atoms with Crippen LogP contribution in [0.15, 0.2) is 60.9 Å². The number of nitrogens with two attached hydrogens (primary N) is 7. The van der Waals surface area contributed by atoms with Crippen LogP contribution in [0.2, 0.25) is 0 Å². The van der Waals surface area contributed by atoms with E-state index in [1.54, 1.807) is 76.5 Å². The van der Waals surface area contributed by atoms with E-state index in [1.807, 2.05) is 12.1 Å². The van der Waals surface area contributed by atoms with Gasteiger partial charge in [-0.05, 0) is 118 Å². The van der Waals surface area contributed by atoms with Gasteiger partial charge in [0.2, 0.25) is 94.5 Å². The smallest absolute Gasteiger partial charge is 0.326 e. The van der Waals surface area contributed by atoms with Crippen molar-refractivity contribution in [2.75, 3.05) is 45.9 Å². The maximum absolute atomic E-state index is 14.9. The number of primary amides is 2. The SMILES string of the molecule is CC[C@H](C)[C@H](NC(=O)[C@H](Cc1c[nH]c2ccccc12)NC(=O)CNC(=O)[C@H](CO)NC(=O)[C@@H](NC(=O)[C@H](CO)NC(=O)[C@H](CCCNC(=N)N)NC(=O)[C@@H](NC(=O)[C@H](CCC(N)=O)NC(=O)[C@H](CCCNC(=N)N)NC(=O)[C@H](CCC(N)=O)NC(=O)[C@H](CCCNC(=N)N)NC(=O)[C@H](CCC(=O)O)NC(=O)[C@H](CCCNC(=N)N)NC(=O)[C@@H](N)Cc1c[nH]c2ccccc12)[C@@H](C)CC)[C@@H](C)CC)C(=O)O. The van der Waals surface area contributed by atoms with Crippen LogP contribution in [0, 0.1) is 39.4 Å². The molecule has 0 radical (unpaired) electrons. The van der Waals surface area contributed by atoms with E-state index >= 15 is 0 Å². The number of aliphatic hydroxyl groups is 2. The number of guanidine groups is 4. The zero-order valence-corrected chi connectivity index (χ0v) is 79.2. The number of amides is 16. The molecule has 0 aliphatic rings. The quantitative estimate of drug-likeness (QED) is 0.0111. The van der Waals surface area contributed by atoms with Gasteiger partial charge in [-0.15, -0.1) is 0 Å². The molecule has 0 aliphatic heterocycles. The standard InChI is InChI=1S/C87H139N31O22/c1-7-43(4)67(81(137)113-56(25-17-35-102-87(97)98)75(131)114-62(42-120)80(136)117-68(44(5)8-2)82(138)115-61(41-119)71(127)105-40-65(123)106-60(79(135)118-69(83(139)140)45(6)9-3)37-47-39-104-52-21-13-11-19-49(47)52)116-78(134)58(27-30-64(90)122)111-74(130)55(24-16-34-101-86(95)96)108-76(132)57(26-29-63(89)121)110-73(129)54(23-15-33-100-85(93)94)109-77(133)59(28-31-66(124)125)112-72(128)53(22-14-32-99-84(91)92)107-70(126)50(88)36-46-38-103-51-20-12-10-18-48(46)51/h10-13,18-21,38-39,43-45,50,53-62,67-69,103-104,119-120H,7-9,14-17,22-37,40-42,88H2,1-6H3,(H2,89,121)(H2,90,122)(H,105,127)(H,106,123)(H,107,126)(H,108,132)(H,109,133)(H,110,129)(H,111,130)(H,112,128)(H,113,137)(H,114,131)(H,115,138)(H,116,134)(H,117,136)(H,118,135)(H,124,125)(H,139,140)(H4,91,92,99)(H4,93,94,100)(H4,95,96,101)(H4,97,98,102)/t43-,44-,45-,50-,53-,54-,55-,56-,57-,58-,59-,60-,61-,62-,67-,68-,69-/m0/s1. The minimum Gasteiger partial charge on any atom is -0.481 e. The summed E-state index contributed by atoms with van der Waals surface area (Å²) in [7, 11) is 0. The summed E-state index contributed by atoms with van der Waals surface area (Å²) in [4.78, 5) is 257. The number of aliphatic hydroxyl groups excluding tert-OH is 2. The number of carboxylic acid groups (broad SMARTS) is 2. The molecule has 0 unspecified atom stereocenters. The minimum atomic E-state index is -1.93. The first-order valence-electron chi connectivity index (χ1n) is 45.9. The summed E-state index contributed by atoms with van der Waals surface area (Å²) in [6, 6.07) is -8.89. The number of para-hydroxylation sites is 2. The average Bonchev–Trinajstić information content (AvgIpc) is 1.63. The minimum absolute atomic E-state index is 0.00585. The van der Waals surface area contributed by atoms with Crippen molar-refractivity contribution in [2.24, 2.45) is 57.9 Å². The van der Waals surface area contributed by atoms with E-state index in [4.69, 9.17) is 61.8 Å². The van der Waals surface area contributed by atoms with Crippen LogP contribution in [-0.2, 0) is 99.1 Å². The lowest BCUT2D eigenvalue weighted by Gasteiger charge is -2.30. The van der Waals surface area contributed by atoms with E-state index in [9.17, 15) is 107 Å². The molecular formula is C87H139N31O22. The summed E-state index contributed by atoms with van der Waals surface area (Å²) < 4.78 is 0. The molecular weight excluding hydrogens is 1830 g/mol. The zero-order chi connectivity index (χ0) is 105. The molecule has 774 valence electrons. The van der Waals surface area contributed by atoms with Crippen LogP contribution < -0.4 is 136 Å². The first-order chi connectivity index (χ1) is 66.3. The molecule has 4 rings (SSSR count). The van der Waals surface area contributed by atoms with Crippen LogP contribution in [0.5, 0.6) is 0 Å². The molecule has 0 saturated carbocycles. The molecule has 42 N–H and O–H groups in total. The Bertz CT molecular complexity index is 4950. The van der Waals surface area contributed by atoms with E-state index < -0.39 is 297 Å². The molecule has 16 amide bonds. The molecule has 17 atom stereocenters. The molecule has 0 bridgehead atoms. The Morgan fingerprint density at radius 3 is 0.964 bits per heavy atom. The Labute approximate surface area is 806 Å². The van der Waals surface area contributed by atoms with Gasteiger partial charge < -0.3 is 166 Å². The van der Waals surface area contributed by atoms with Gasteiger partial charge in [0.1, 0.15) is 78.5 Å². The number of carbonyl (C=O) groups excluding carboxylic acids is 16. The van der Waals surface area contributed by atoms with Crippen molar-refractivity contribution >= 4 is 152 Å². The van der Waals surface area contributed by atoms with Gasteiger partial charge >= 0.3 is 11.9 Å². The maximum atomic E-state index is 14.9. The van der Waals surface area contributed by atoms with Crippen molar-refractivity contribution in [1.29, 1.82) is 21.6 Å². The number of aromatic amines is 2. The third-order valence-corrected chi connectivity index (χ3v) is 23.0. The molecule has 53 nitrogen and oxygen atoms in total. The largest absolute Gasteiger partial charge is 0.481 e. The van der Waals surface area contributed by atoms with Crippen LogP contribution in [-0.4, -0.2) is 291 Å². The van der Waals surface area contributed by atoms with Crippen molar-refractivity contribution in [2.45, 2.75) is 248 Å². The molecule has 0 fully saturated rings. The van der Waals surface area contributed by atoms with Gasteiger partial charge in [-0.3, -0.25) is 103 Å². The van der Waals surface area contributed by atoms with Crippen molar-refractivity contribution in [3.8, 4) is 0 Å². The first kappa shape index (κ1) is 117. The Morgan fingerprint density at radius 1 is 0.336 bits per heavy atom. The van der Waals surface area contributed by atoms with E-state index in [0.717, 1.165) is 10.9 Å². The number of rotatable bonds is 66. The molecule has 0 aliphatic carbocycles. The summed E-state index contributed by atoms with van der Waals surface area (Å²) in [5.41, 5.74) is 42.3. The van der Waals surface area contributed by atoms with Crippen LogP contribution in [0.4, 0.5) is 0 Å². The number of benzene rings is 2. The van der Waals surface area contributed by atoms with Crippen molar-refractivity contribution < 1.29 is 107 Å². The summed E-state index contributed by atoms with van der Waals surface area (Å²) in [6.45, 7) is 6.19. The van der Waals surface area contributed by atoms with Crippen LogP contribution >= 0.6 is 0 Å². The second-order valence-electron chi connectivity index (χ2n) is 33.8. The van der Waals surface area contributed by atoms with Gasteiger partial charge in [0.05, 0.1) is 25.8 Å². The lowest BCUT2D eigenvalue weighted by molar-refractivity contribution is -0.144. The Balaban J connectivity index is 1.62. The fourth-order valence-corrected chi connectivity index (χ4v) is 14.4. The molecule has 140 heavy (non-hydrogen) atoms. The van der Waals surface area contributed by atoms with Gasteiger partial charge in [0, 0.05) is 86.1 Å². The lowest BCUT2D eigenvalue weighted by Crippen LogP contribution is -2.62. The fraction of sp³-hybridized carbons (Fsp3) is 0.563. The highest BCUT2D eigenvalue weighted by Crippen LogP contribution is 2.23. The number of aromatic nitrogens is 2. The summed E-state index contributed by atoms with van der Waals surface area (Å²) in [5, 5.41) is 118. The molecule has 53 heteroatoms. The fourth-order valence-electron chi connectivity index (χ4n) is 14.4. The second kappa shape index (κ2) is 60.5. The van der Waals surface area contributed by atoms with Crippen LogP contribution in [0.1, 0.15) is 162 Å². The van der Waals surface area contributed by atoms with Crippen molar-refractivity contribution in [3.05, 3.63) is 72.1 Å². The maximum Gasteiger partial charge on any atom is 0.326 e.